The molecule has 11 aromatic carbocycles. The quantitative estimate of drug-likeness (QED) is 0.0339. The van der Waals surface area contributed by atoms with E-state index in [-0.39, 0.29) is 99.1 Å². The molecule has 21 nitrogen and oxygen atoms in total. The van der Waals surface area contributed by atoms with Crippen molar-refractivity contribution >= 4 is 0 Å². The maximum Gasteiger partial charge on any atom is 0.187 e. The molecule has 0 aliphatic carbocycles. The molecule has 2 N–H and O–H groups in total. The van der Waals surface area contributed by atoms with Crippen LogP contribution in [0.3, 0.4) is 0 Å². The summed E-state index contributed by atoms with van der Waals surface area (Å²) >= 11 is 0. The zero-order valence-electron chi connectivity index (χ0n) is 70.1. The molecular weight excluding hydrogens is 1590 g/mol. The second-order valence-electron chi connectivity index (χ2n) is 31.4. The summed E-state index contributed by atoms with van der Waals surface area (Å²) in [4.78, 5) is 0. The molecule has 0 spiro atoms. The molecule has 4 aliphatic rings. The third-order valence-corrected chi connectivity index (χ3v) is 22.3. The SMILES string of the molecule is C=CCO[C@H]1O[C@H](COCc2ccccc2)[C@@H](O[C@@H]2O[C@H](COCc3ccccc3)[C@@H](O[C@@H]3O[C@H](COCc4ccccc4)[C@@H](O[C@@H]4O[C@H](CO)[C@@H](O)[C@H](OCc5ccccc5)[C@@H]4OCc4ccccc4)[C@H](OCc4ccccc4)[C@@H]3OCc3ccccc3)[C@H](OCc3ccccc3)[C@@H]2OCc2ccccc2)[C@H](OCc2ccccc2)[C@@H]1OCc1ccccc1. The second-order valence-corrected chi connectivity index (χ2v) is 31.4. The van der Waals surface area contributed by atoms with Gasteiger partial charge in [-0.15, -0.1) is 6.58 Å². The number of aliphatic hydroxyl groups is 2. The molecule has 4 fully saturated rings. The van der Waals surface area contributed by atoms with Gasteiger partial charge in [-0.3, -0.25) is 0 Å². The van der Waals surface area contributed by atoms with E-state index in [1.54, 1.807) is 6.08 Å². The summed E-state index contributed by atoms with van der Waals surface area (Å²) in [5, 5.41) is 23.8. The van der Waals surface area contributed by atoms with E-state index in [9.17, 15) is 10.2 Å². The van der Waals surface area contributed by atoms with Crippen molar-refractivity contribution in [1.29, 1.82) is 0 Å². The van der Waals surface area contributed by atoms with Gasteiger partial charge in [0.1, 0.15) is 97.7 Å². The minimum Gasteiger partial charge on any atom is -0.394 e. The number of ether oxygens (including phenoxy) is 19. The van der Waals surface area contributed by atoms with Gasteiger partial charge >= 0.3 is 0 Å². The Hall–Kier alpha value is -9.68. The van der Waals surface area contributed by atoms with Crippen LogP contribution >= 0.6 is 0 Å². The molecule has 0 unspecified atom stereocenters. The van der Waals surface area contributed by atoms with Crippen LogP contribution in [0.15, 0.2) is 346 Å². The fraction of sp³-hybridized carbons (Fsp3) is 0.346. The molecule has 0 aromatic heterocycles. The van der Waals surface area contributed by atoms with Gasteiger partial charge in [0.25, 0.3) is 0 Å². The topological polar surface area (TPSA) is 216 Å². The second kappa shape index (κ2) is 48.3. The molecule has 20 atom stereocenters. The highest BCUT2D eigenvalue weighted by atomic mass is 16.8. The van der Waals surface area contributed by atoms with E-state index in [0.29, 0.717) is 0 Å². The van der Waals surface area contributed by atoms with E-state index in [2.05, 4.69) is 6.58 Å². The van der Waals surface area contributed by atoms with Gasteiger partial charge in [0, 0.05) is 0 Å². The Balaban J connectivity index is 0.872. The summed E-state index contributed by atoms with van der Waals surface area (Å²) in [6.07, 6.45) is -22.1. The number of rotatable bonds is 46. The van der Waals surface area contributed by atoms with Crippen LogP contribution in [0, 0.1) is 0 Å². The van der Waals surface area contributed by atoms with E-state index >= 15 is 0 Å². The van der Waals surface area contributed by atoms with E-state index < -0.39 is 129 Å². The molecule has 11 aromatic rings. The predicted molar refractivity (Wildman–Crippen MR) is 467 cm³/mol. The summed E-state index contributed by atoms with van der Waals surface area (Å²) in [5.41, 5.74) is 9.53. The van der Waals surface area contributed by atoms with Crippen LogP contribution in [0.5, 0.6) is 0 Å². The van der Waals surface area contributed by atoms with Gasteiger partial charge in [-0.25, -0.2) is 0 Å². The van der Waals surface area contributed by atoms with Gasteiger partial charge < -0.3 is 100 Å². The molecule has 4 saturated heterocycles. The molecular formula is C104H112O21. The minimum absolute atomic E-state index is 0.0128. The minimum atomic E-state index is -1.44. The molecule has 0 bridgehead atoms. The summed E-state index contributed by atoms with van der Waals surface area (Å²) in [6, 6.07) is 108. The van der Waals surface area contributed by atoms with Crippen LogP contribution in [-0.4, -0.2) is 166 Å². The first-order valence-corrected chi connectivity index (χ1v) is 43.0. The van der Waals surface area contributed by atoms with Gasteiger partial charge in [0.2, 0.25) is 0 Å². The zero-order valence-corrected chi connectivity index (χ0v) is 70.1. The van der Waals surface area contributed by atoms with Crippen molar-refractivity contribution in [3.8, 4) is 0 Å². The molecule has 654 valence electrons. The van der Waals surface area contributed by atoms with Crippen LogP contribution in [-0.2, 0) is 163 Å². The van der Waals surface area contributed by atoms with Crippen LogP contribution in [0.25, 0.3) is 0 Å². The third kappa shape index (κ3) is 26.3. The van der Waals surface area contributed by atoms with Crippen molar-refractivity contribution in [2.24, 2.45) is 0 Å². The Morgan fingerprint density at radius 2 is 0.416 bits per heavy atom. The van der Waals surface area contributed by atoms with E-state index in [4.69, 9.17) is 90.0 Å². The first-order chi connectivity index (χ1) is 61.8. The average molecular weight is 1700 g/mol. The Bertz CT molecular complexity index is 4780. The third-order valence-electron chi connectivity index (χ3n) is 22.3. The number of hydrogen-bond acceptors (Lipinski definition) is 21. The lowest BCUT2D eigenvalue weighted by atomic mass is 9.94. The van der Waals surface area contributed by atoms with Gasteiger partial charge in [-0.05, 0) is 61.2 Å². The summed E-state index contributed by atoms with van der Waals surface area (Å²) in [6.45, 7) is 4.30. The van der Waals surface area contributed by atoms with Gasteiger partial charge in [0.05, 0.1) is 106 Å². The molecule has 4 heterocycles. The zero-order chi connectivity index (χ0) is 85.2. The van der Waals surface area contributed by atoms with Crippen LogP contribution < -0.4 is 0 Å². The van der Waals surface area contributed by atoms with Crippen molar-refractivity contribution in [1.82, 2.24) is 0 Å². The fourth-order valence-corrected chi connectivity index (χ4v) is 15.9. The Morgan fingerprint density at radius 1 is 0.224 bits per heavy atom. The first-order valence-electron chi connectivity index (χ1n) is 43.0. The first kappa shape index (κ1) is 90.1. The van der Waals surface area contributed by atoms with E-state index in [0.717, 1.165) is 61.2 Å². The normalized spacial score (nSPS) is 26.3. The van der Waals surface area contributed by atoms with Crippen LogP contribution in [0.4, 0.5) is 0 Å². The molecule has 0 amide bonds. The van der Waals surface area contributed by atoms with E-state index in [1.807, 2.05) is 334 Å². The summed E-state index contributed by atoms with van der Waals surface area (Å²) in [5.74, 6) is 0. The highest BCUT2D eigenvalue weighted by Gasteiger charge is 2.59. The van der Waals surface area contributed by atoms with Crippen molar-refractivity contribution in [2.45, 2.75) is 195 Å². The van der Waals surface area contributed by atoms with Crippen molar-refractivity contribution in [3.05, 3.63) is 408 Å². The predicted octanol–water partition coefficient (Wildman–Crippen LogP) is 15.9. The molecule has 15 rings (SSSR count). The van der Waals surface area contributed by atoms with E-state index in [1.165, 1.54) is 0 Å². The maximum atomic E-state index is 12.4. The molecule has 0 radical (unpaired) electrons. The Labute approximate surface area is 732 Å². The van der Waals surface area contributed by atoms with Gasteiger partial charge in [-0.1, -0.05) is 340 Å². The summed E-state index contributed by atoms with van der Waals surface area (Å²) in [7, 11) is 0. The van der Waals surface area contributed by atoms with Crippen molar-refractivity contribution < 1.29 is 100 Å². The number of hydrogen-bond donors (Lipinski definition) is 2. The fourth-order valence-electron chi connectivity index (χ4n) is 15.9. The molecule has 125 heavy (non-hydrogen) atoms. The lowest BCUT2D eigenvalue weighted by Crippen LogP contribution is -2.69. The average Bonchev–Trinajstić information content (AvgIpc) is 0.759. The number of aliphatic hydroxyl groups excluding tert-OH is 2. The smallest absolute Gasteiger partial charge is 0.187 e. The van der Waals surface area contributed by atoms with Crippen molar-refractivity contribution in [3.63, 3.8) is 0 Å². The summed E-state index contributed by atoms with van der Waals surface area (Å²) < 4.78 is 139. The standard InChI is InChI=1S/C104H112O21/c1-2-58-110-101-98(116-68-82-52-30-11-31-53-82)94(112-64-78-44-22-7-23-45-78)90(86(120-101)71-107-60-74-36-14-3-15-37-74)124-103-100(118-70-84-56-34-13-35-57-84)96(114-66-80-48-26-9-27-49-80)92(88(122-103)73-109-62-76-40-18-5-19-41-76)125-104-99(117-69-83-54-32-12-33-55-83)95(113-65-79-46-24-8-25-47-79)91(87(121-104)72-108-61-75-38-16-4-17-39-75)123-102-97(115-67-81-50-28-10-29-51-81)93(89(106)85(59-105)119-102)111-63-77-42-20-6-21-43-77/h2-57,85-106H,1,58-73H2/t85-,86-,87-,88-,89-,90-,91-,92-,93+,94+,95+,96+,97+,98+,99+,100+,101+,102+,103+,104+/m1/s1. The highest BCUT2D eigenvalue weighted by molar-refractivity contribution is 5.23. The van der Waals surface area contributed by atoms with Crippen molar-refractivity contribution in [2.75, 3.05) is 33.0 Å². The molecule has 4 aliphatic heterocycles. The Morgan fingerprint density at radius 3 is 0.648 bits per heavy atom. The lowest BCUT2D eigenvalue weighted by molar-refractivity contribution is -0.402. The highest BCUT2D eigenvalue weighted by Crippen LogP contribution is 2.42. The largest absolute Gasteiger partial charge is 0.394 e. The Kier molecular flexibility index (Phi) is 34.8. The monoisotopic (exact) mass is 1700 g/mol. The van der Waals surface area contributed by atoms with Gasteiger partial charge in [0.15, 0.2) is 25.2 Å². The number of benzene rings is 11. The van der Waals surface area contributed by atoms with Crippen LogP contribution in [0.2, 0.25) is 0 Å². The van der Waals surface area contributed by atoms with Gasteiger partial charge in [-0.2, -0.15) is 0 Å². The van der Waals surface area contributed by atoms with Crippen LogP contribution in [0.1, 0.15) is 61.2 Å². The molecule has 21 heteroatoms. The maximum absolute atomic E-state index is 12.4. The molecule has 0 saturated carbocycles. The lowest BCUT2D eigenvalue weighted by Gasteiger charge is -2.52.